The van der Waals surface area contributed by atoms with Gasteiger partial charge in [-0.25, -0.2) is 0 Å². The summed E-state index contributed by atoms with van der Waals surface area (Å²) in [4.78, 5) is 4.23. The second-order valence-electron chi connectivity index (χ2n) is 3.77. The van der Waals surface area contributed by atoms with Crippen molar-refractivity contribution in [3.05, 3.63) is 35.4 Å². The maximum Gasteiger partial charge on any atom is 0.238 e. The van der Waals surface area contributed by atoms with Crippen molar-refractivity contribution in [1.82, 2.24) is 4.98 Å². The summed E-state index contributed by atoms with van der Waals surface area (Å²) in [6.45, 7) is 0. The first-order valence-corrected chi connectivity index (χ1v) is 5.93. The SMILES string of the molecule is COc1ccc(Nc2ccc(N)c(OC)n2)cc1Cl. The van der Waals surface area contributed by atoms with Gasteiger partial charge in [-0.05, 0) is 30.3 Å². The van der Waals surface area contributed by atoms with E-state index in [2.05, 4.69) is 10.3 Å². The molecule has 0 aliphatic rings. The van der Waals surface area contributed by atoms with Gasteiger partial charge in [0, 0.05) is 5.69 Å². The Morgan fingerprint density at radius 3 is 2.58 bits per heavy atom. The van der Waals surface area contributed by atoms with Crippen molar-refractivity contribution in [3.63, 3.8) is 0 Å². The number of nitrogens with two attached hydrogens (primary N) is 1. The van der Waals surface area contributed by atoms with Gasteiger partial charge in [-0.3, -0.25) is 0 Å². The molecule has 0 unspecified atom stereocenters. The molecule has 0 amide bonds. The Kier molecular flexibility index (Phi) is 3.97. The summed E-state index contributed by atoms with van der Waals surface area (Å²) in [6, 6.07) is 8.86. The van der Waals surface area contributed by atoms with Gasteiger partial charge >= 0.3 is 0 Å². The molecule has 2 rings (SSSR count). The first-order valence-electron chi connectivity index (χ1n) is 5.55. The smallest absolute Gasteiger partial charge is 0.238 e. The first kappa shape index (κ1) is 13.3. The number of methoxy groups -OCH3 is 2. The van der Waals surface area contributed by atoms with Crippen LogP contribution in [0, 0.1) is 0 Å². The largest absolute Gasteiger partial charge is 0.495 e. The van der Waals surface area contributed by atoms with E-state index in [-0.39, 0.29) is 0 Å². The number of nitrogens with one attached hydrogen (secondary N) is 1. The Morgan fingerprint density at radius 2 is 1.95 bits per heavy atom. The molecular formula is C13H14ClN3O2. The molecule has 1 aromatic heterocycles. The van der Waals surface area contributed by atoms with E-state index in [1.807, 2.05) is 6.07 Å². The number of pyridine rings is 1. The van der Waals surface area contributed by atoms with E-state index < -0.39 is 0 Å². The summed E-state index contributed by atoms with van der Waals surface area (Å²) in [5.41, 5.74) is 6.99. The van der Waals surface area contributed by atoms with Crippen molar-refractivity contribution < 1.29 is 9.47 Å². The van der Waals surface area contributed by atoms with Crippen molar-refractivity contribution >= 4 is 28.8 Å². The maximum absolute atomic E-state index is 6.05. The van der Waals surface area contributed by atoms with Gasteiger partial charge in [-0.15, -0.1) is 0 Å². The average molecular weight is 280 g/mol. The van der Waals surface area contributed by atoms with Gasteiger partial charge in [0.25, 0.3) is 0 Å². The van der Waals surface area contributed by atoms with Gasteiger partial charge in [0.15, 0.2) is 0 Å². The van der Waals surface area contributed by atoms with Crippen molar-refractivity contribution in [1.29, 1.82) is 0 Å². The zero-order valence-electron chi connectivity index (χ0n) is 10.6. The minimum Gasteiger partial charge on any atom is -0.495 e. The van der Waals surface area contributed by atoms with E-state index in [4.69, 9.17) is 26.8 Å². The lowest BCUT2D eigenvalue weighted by Crippen LogP contribution is -1.99. The monoisotopic (exact) mass is 279 g/mol. The third-order valence-corrected chi connectivity index (χ3v) is 2.80. The van der Waals surface area contributed by atoms with Gasteiger partial charge in [-0.1, -0.05) is 11.6 Å². The zero-order chi connectivity index (χ0) is 13.8. The average Bonchev–Trinajstić information content (AvgIpc) is 2.41. The van der Waals surface area contributed by atoms with E-state index in [1.165, 1.54) is 7.11 Å². The molecule has 5 nitrogen and oxygen atoms in total. The van der Waals surface area contributed by atoms with Gasteiger partial charge in [0.05, 0.1) is 24.9 Å². The number of ether oxygens (including phenoxy) is 2. The second kappa shape index (κ2) is 5.67. The fourth-order valence-corrected chi connectivity index (χ4v) is 1.83. The summed E-state index contributed by atoms with van der Waals surface area (Å²) in [5.74, 6) is 1.62. The Balaban J connectivity index is 2.23. The normalized spacial score (nSPS) is 10.1. The lowest BCUT2D eigenvalue weighted by Gasteiger charge is -2.10. The van der Waals surface area contributed by atoms with Gasteiger partial charge in [0.1, 0.15) is 11.6 Å². The fraction of sp³-hybridized carbons (Fsp3) is 0.154. The Hall–Kier alpha value is -2.14. The molecule has 0 aliphatic carbocycles. The molecule has 0 saturated carbocycles. The van der Waals surface area contributed by atoms with Gasteiger partial charge in [-0.2, -0.15) is 4.98 Å². The zero-order valence-corrected chi connectivity index (χ0v) is 11.4. The van der Waals surface area contributed by atoms with Crippen LogP contribution in [0.2, 0.25) is 5.02 Å². The standard InChI is InChI=1S/C13H14ClN3O2/c1-18-11-5-3-8(7-9(11)14)16-12-6-4-10(15)13(17-12)19-2/h3-7H,15H2,1-2H3,(H,16,17). The molecule has 0 bridgehead atoms. The molecule has 0 atom stereocenters. The van der Waals surface area contributed by atoms with Crippen LogP contribution in [0.25, 0.3) is 0 Å². The summed E-state index contributed by atoms with van der Waals surface area (Å²) < 4.78 is 10.2. The molecular weight excluding hydrogens is 266 g/mol. The van der Waals surface area contributed by atoms with Crippen LogP contribution >= 0.6 is 11.6 Å². The number of nitrogens with zero attached hydrogens (tertiary/aromatic N) is 1. The number of halogens is 1. The third-order valence-electron chi connectivity index (χ3n) is 2.51. The Bertz CT molecular complexity index is 590. The van der Waals surface area contributed by atoms with Crippen LogP contribution in [0.15, 0.2) is 30.3 Å². The highest BCUT2D eigenvalue weighted by Gasteiger charge is 2.05. The molecule has 100 valence electrons. The molecule has 0 fully saturated rings. The molecule has 2 aromatic rings. The number of anilines is 3. The first-order chi connectivity index (χ1) is 9.13. The molecule has 1 heterocycles. The Morgan fingerprint density at radius 1 is 1.16 bits per heavy atom. The lowest BCUT2D eigenvalue weighted by molar-refractivity contribution is 0.401. The summed E-state index contributed by atoms with van der Waals surface area (Å²) in [6.07, 6.45) is 0. The quantitative estimate of drug-likeness (QED) is 0.900. The van der Waals surface area contributed by atoms with Crippen LogP contribution in [-0.2, 0) is 0 Å². The maximum atomic E-state index is 6.05. The fourth-order valence-electron chi connectivity index (χ4n) is 1.58. The van der Waals surface area contributed by atoms with Crippen LogP contribution in [-0.4, -0.2) is 19.2 Å². The van der Waals surface area contributed by atoms with Crippen LogP contribution in [0.4, 0.5) is 17.2 Å². The summed E-state index contributed by atoms with van der Waals surface area (Å²) in [5, 5.41) is 3.63. The predicted octanol–water partition coefficient (Wildman–Crippen LogP) is 3.08. The minimum absolute atomic E-state index is 0.379. The van der Waals surface area contributed by atoms with Crippen LogP contribution in [0.1, 0.15) is 0 Å². The number of benzene rings is 1. The second-order valence-corrected chi connectivity index (χ2v) is 4.18. The van der Waals surface area contributed by atoms with Crippen molar-refractivity contribution in [3.8, 4) is 11.6 Å². The van der Waals surface area contributed by atoms with E-state index in [0.29, 0.717) is 28.2 Å². The molecule has 19 heavy (non-hydrogen) atoms. The topological polar surface area (TPSA) is 69.4 Å². The molecule has 3 N–H and O–H groups in total. The van der Waals surface area contributed by atoms with Crippen molar-refractivity contribution in [2.45, 2.75) is 0 Å². The molecule has 6 heteroatoms. The van der Waals surface area contributed by atoms with Crippen molar-refractivity contribution in [2.24, 2.45) is 0 Å². The third kappa shape index (κ3) is 3.00. The van der Waals surface area contributed by atoms with E-state index in [0.717, 1.165) is 5.69 Å². The molecule has 0 radical (unpaired) electrons. The van der Waals surface area contributed by atoms with Gasteiger partial charge in [0.2, 0.25) is 5.88 Å². The number of hydrogen-bond donors (Lipinski definition) is 2. The van der Waals surface area contributed by atoms with Crippen LogP contribution in [0.5, 0.6) is 11.6 Å². The van der Waals surface area contributed by atoms with E-state index in [1.54, 1.807) is 31.4 Å². The molecule has 0 spiro atoms. The predicted molar refractivity (Wildman–Crippen MR) is 76.5 cm³/mol. The van der Waals surface area contributed by atoms with E-state index in [9.17, 15) is 0 Å². The molecule has 0 saturated heterocycles. The number of rotatable bonds is 4. The highest BCUT2D eigenvalue weighted by atomic mass is 35.5. The van der Waals surface area contributed by atoms with Crippen LogP contribution < -0.4 is 20.5 Å². The lowest BCUT2D eigenvalue weighted by atomic mass is 10.3. The minimum atomic E-state index is 0.379. The van der Waals surface area contributed by atoms with Crippen LogP contribution in [0.3, 0.4) is 0 Å². The number of hydrogen-bond acceptors (Lipinski definition) is 5. The van der Waals surface area contributed by atoms with Crippen molar-refractivity contribution in [2.75, 3.05) is 25.3 Å². The molecule has 1 aromatic carbocycles. The number of aromatic nitrogens is 1. The summed E-state index contributed by atoms with van der Waals surface area (Å²) in [7, 11) is 3.09. The summed E-state index contributed by atoms with van der Waals surface area (Å²) >= 11 is 6.05. The Labute approximate surface area is 116 Å². The van der Waals surface area contributed by atoms with E-state index >= 15 is 0 Å². The highest BCUT2D eigenvalue weighted by molar-refractivity contribution is 6.32. The number of nitrogen functional groups attached to an aromatic ring is 1. The van der Waals surface area contributed by atoms with Gasteiger partial charge < -0.3 is 20.5 Å². The molecule has 0 aliphatic heterocycles. The highest BCUT2D eigenvalue weighted by Crippen LogP contribution is 2.29.